The van der Waals surface area contributed by atoms with E-state index < -0.39 is 40.7 Å². The Labute approximate surface area is 183 Å². The first kappa shape index (κ1) is 23.9. The zero-order valence-corrected chi connectivity index (χ0v) is 19.0. The third-order valence-electron chi connectivity index (χ3n) is 6.36. The average Bonchev–Trinajstić information content (AvgIpc) is 3.01. The van der Waals surface area contributed by atoms with Gasteiger partial charge in [-0.15, -0.1) is 0 Å². The average molecular weight is 458 g/mol. The van der Waals surface area contributed by atoms with Crippen LogP contribution in [0.25, 0.3) is 0 Å². The van der Waals surface area contributed by atoms with Crippen LogP contribution >= 0.6 is 0 Å². The van der Waals surface area contributed by atoms with E-state index in [2.05, 4.69) is 4.72 Å². The number of carbonyl (C=O) groups is 1. The fraction of sp³-hybridized carbons (Fsp3) is 0.667. The van der Waals surface area contributed by atoms with Crippen molar-refractivity contribution in [2.24, 2.45) is 0 Å². The summed E-state index contributed by atoms with van der Waals surface area (Å²) >= 11 is 0. The summed E-state index contributed by atoms with van der Waals surface area (Å²) in [7, 11) is -0.939. The highest BCUT2D eigenvalue weighted by Crippen LogP contribution is 2.36. The first-order chi connectivity index (χ1) is 14.6. The molecule has 1 amide bonds. The molecule has 2 fully saturated rings. The smallest absolute Gasteiger partial charge is 0.407 e. The van der Waals surface area contributed by atoms with Gasteiger partial charge in [0.05, 0.1) is 18.8 Å². The van der Waals surface area contributed by atoms with Crippen LogP contribution in [0, 0.1) is 0 Å². The zero-order chi connectivity index (χ0) is 22.8. The zero-order valence-electron chi connectivity index (χ0n) is 18.1. The number of hydrogen-bond acceptors (Lipinski definition) is 4. The molecule has 1 aliphatic heterocycles. The molecule has 10 heteroatoms. The van der Waals surface area contributed by atoms with Gasteiger partial charge in [0.1, 0.15) is 6.17 Å². The van der Waals surface area contributed by atoms with Crippen molar-refractivity contribution < 1.29 is 27.4 Å². The lowest BCUT2D eigenvalue weighted by Gasteiger charge is -2.34. The Morgan fingerprint density at radius 3 is 2.52 bits per heavy atom. The van der Waals surface area contributed by atoms with Gasteiger partial charge in [-0.3, -0.25) is 4.90 Å². The Hall–Kier alpha value is -1.75. The summed E-state index contributed by atoms with van der Waals surface area (Å²) < 4.78 is 49.0. The van der Waals surface area contributed by atoms with Gasteiger partial charge in [0.2, 0.25) is 0 Å². The number of carboxylic acid groups (broad SMARTS) is 1. The van der Waals surface area contributed by atoms with E-state index in [-0.39, 0.29) is 18.6 Å². The van der Waals surface area contributed by atoms with Gasteiger partial charge >= 0.3 is 6.09 Å². The second kappa shape index (κ2) is 9.81. The number of nitrogens with one attached hydrogen (secondary N) is 1. The molecule has 8 nitrogen and oxygen atoms in total. The van der Waals surface area contributed by atoms with Gasteiger partial charge in [-0.05, 0) is 44.1 Å². The number of benzene rings is 1. The van der Waals surface area contributed by atoms with E-state index in [1.165, 1.54) is 19.0 Å². The van der Waals surface area contributed by atoms with E-state index in [4.69, 9.17) is 4.74 Å². The number of rotatable bonds is 7. The molecule has 1 saturated heterocycles. The van der Waals surface area contributed by atoms with E-state index >= 15 is 0 Å². The second-order valence-corrected chi connectivity index (χ2v) is 10.6. The fourth-order valence-electron chi connectivity index (χ4n) is 4.63. The molecule has 0 aromatic heterocycles. The molecule has 1 aliphatic carbocycles. The molecule has 0 radical (unpaired) electrons. The van der Waals surface area contributed by atoms with Crippen LogP contribution in [0.3, 0.4) is 0 Å². The quantitative estimate of drug-likeness (QED) is 0.656. The van der Waals surface area contributed by atoms with Crippen LogP contribution < -0.4 is 4.72 Å². The van der Waals surface area contributed by atoms with Crippen molar-refractivity contribution in [2.45, 2.75) is 68.9 Å². The molecule has 1 aromatic carbocycles. The third-order valence-corrected chi connectivity index (χ3v) is 7.92. The van der Waals surface area contributed by atoms with Crippen LogP contribution in [-0.2, 0) is 14.9 Å². The van der Waals surface area contributed by atoms with Gasteiger partial charge in [0, 0.05) is 26.2 Å². The van der Waals surface area contributed by atoms with Crippen molar-refractivity contribution in [3.05, 3.63) is 35.9 Å². The molecular formula is C21H32FN3O5S. The summed E-state index contributed by atoms with van der Waals surface area (Å²) in [5.74, 6) is 0.137. The van der Waals surface area contributed by atoms with Gasteiger partial charge < -0.3 is 9.84 Å². The molecule has 3 rings (SSSR count). The minimum absolute atomic E-state index is 0.0572. The van der Waals surface area contributed by atoms with Crippen molar-refractivity contribution in [2.75, 3.05) is 20.7 Å². The fourth-order valence-corrected chi connectivity index (χ4v) is 5.48. The standard InChI is InChI=1S/C21H32FN3O5S/c1-14-11-18(23-31(28,29)24(2)3)19(25(14)21(26)27)13-30-20-10-9-16(12-17(20)22)15-7-5-4-6-8-15/h4-8,14,16-20,23H,9-13H2,1-3H3,(H,26,27)/t14-,16?,17?,18?,19?,20?/m1/s1. The topological polar surface area (TPSA) is 99.2 Å². The Balaban J connectivity index is 1.65. The molecule has 31 heavy (non-hydrogen) atoms. The van der Waals surface area contributed by atoms with Gasteiger partial charge in [0.25, 0.3) is 10.2 Å². The van der Waals surface area contributed by atoms with E-state index in [9.17, 15) is 22.7 Å². The molecule has 6 atom stereocenters. The largest absolute Gasteiger partial charge is 0.465 e. The van der Waals surface area contributed by atoms with Gasteiger partial charge in [0.15, 0.2) is 0 Å². The number of alkyl halides is 1. The van der Waals surface area contributed by atoms with Crippen molar-refractivity contribution >= 4 is 16.3 Å². The van der Waals surface area contributed by atoms with Gasteiger partial charge in [-0.25, -0.2) is 9.18 Å². The number of ether oxygens (including phenoxy) is 1. The van der Waals surface area contributed by atoms with Crippen molar-refractivity contribution in [3.8, 4) is 0 Å². The Morgan fingerprint density at radius 1 is 1.26 bits per heavy atom. The van der Waals surface area contributed by atoms with E-state index in [0.29, 0.717) is 19.3 Å². The third kappa shape index (κ3) is 5.54. The first-order valence-corrected chi connectivity index (χ1v) is 12.1. The van der Waals surface area contributed by atoms with E-state index in [0.717, 1.165) is 16.3 Å². The summed E-state index contributed by atoms with van der Waals surface area (Å²) in [5, 5.41) is 9.64. The lowest BCUT2D eigenvalue weighted by atomic mass is 9.81. The van der Waals surface area contributed by atoms with Crippen LogP contribution in [0.15, 0.2) is 30.3 Å². The Kier molecular flexibility index (Phi) is 7.56. The molecule has 2 aliphatic rings. The number of nitrogens with zero attached hydrogens (tertiary/aromatic N) is 2. The molecule has 1 heterocycles. The van der Waals surface area contributed by atoms with Crippen LogP contribution in [-0.4, -0.2) is 79.9 Å². The summed E-state index contributed by atoms with van der Waals surface area (Å²) in [5.41, 5.74) is 1.11. The van der Waals surface area contributed by atoms with Crippen molar-refractivity contribution in [1.82, 2.24) is 13.9 Å². The first-order valence-electron chi connectivity index (χ1n) is 10.6. The lowest BCUT2D eigenvalue weighted by molar-refractivity contribution is -0.0476. The number of hydrogen-bond donors (Lipinski definition) is 2. The van der Waals surface area contributed by atoms with Gasteiger partial charge in [-0.1, -0.05) is 30.3 Å². The number of halogens is 1. The second-order valence-electron chi connectivity index (χ2n) is 8.66. The van der Waals surface area contributed by atoms with Crippen LogP contribution in [0.4, 0.5) is 9.18 Å². The van der Waals surface area contributed by atoms with Crippen molar-refractivity contribution in [3.63, 3.8) is 0 Å². The van der Waals surface area contributed by atoms with Crippen LogP contribution in [0.1, 0.15) is 44.1 Å². The van der Waals surface area contributed by atoms with E-state index in [1.807, 2.05) is 30.3 Å². The lowest BCUT2D eigenvalue weighted by Crippen LogP contribution is -2.52. The molecule has 5 unspecified atom stereocenters. The molecule has 2 N–H and O–H groups in total. The minimum Gasteiger partial charge on any atom is -0.465 e. The number of amides is 1. The maximum absolute atomic E-state index is 14.9. The predicted octanol–water partition coefficient (Wildman–Crippen LogP) is 2.58. The molecular weight excluding hydrogens is 425 g/mol. The molecule has 1 saturated carbocycles. The molecule has 0 bridgehead atoms. The molecule has 1 aromatic rings. The summed E-state index contributed by atoms with van der Waals surface area (Å²) in [6, 6.07) is 8.09. The maximum Gasteiger partial charge on any atom is 0.407 e. The number of likely N-dealkylation sites (tertiary alicyclic amines) is 1. The highest BCUT2D eigenvalue weighted by Gasteiger charge is 2.45. The highest BCUT2D eigenvalue weighted by atomic mass is 32.2. The monoisotopic (exact) mass is 457 g/mol. The Bertz CT molecular complexity index is 854. The van der Waals surface area contributed by atoms with E-state index in [1.54, 1.807) is 6.92 Å². The normalized spacial score (nSPS) is 31.8. The van der Waals surface area contributed by atoms with Crippen LogP contribution in [0.5, 0.6) is 0 Å². The highest BCUT2D eigenvalue weighted by molar-refractivity contribution is 7.87. The van der Waals surface area contributed by atoms with Gasteiger partial charge in [-0.2, -0.15) is 17.4 Å². The Morgan fingerprint density at radius 2 is 1.94 bits per heavy atom. The summed E-state index contributed by atoms with van der Waals surface area (Å²) in [6.07, 6.45) is -0.926. The predicted molar refractivity (Wildman–Crippen MR) is 115 cm³/mol. The SMILES string of the molecule is C[C@@H]1CC(NS(=O)(=O)N(C)C)C(COC2CCC(c3ccccc3)CC2F)N1C(=O)O. The molecule has 174 valence electrons. The van der Waals surface area contributed by atoms with Crippen LogP contribution in [0.2, 0.25) is 0 Å². The molecule has 0 spiro atoms. The minimum atomic E-state index is -3.74. The van der Waals surface area contributed by atoms with Crippen molar-refractivity contribution in [1.29, 1.82) is 0 Å². The summed E-state index contributed by atoms with van der Waals surface area (Å²) in [6.45, 7) is 1.67. The maximum atomic E-state index is 14.9. The summed E-state index contributed by atoms with van der Waals surface area (Å²) in [4.78, 5) is 13.0.